The van der Waals surface area contributed by atoms with Gasteiger partial charge in [-0.25, -0.2) is 4.79 Å². The number of halogens is 1. The van der Waals surface area contributed by atoms with E-state index in [9.17, 15) is 14.4 Å². The van der Waals surface area contributed by atoms with Crippen LogP contribution in [0.3, 0.4) is 0 Å². The van der Waals surface area contributed by atoms with Crippen molar-refractivity contribution in [2.75, 3.05) is 13.7 Å². The van der Waals surface area contributed by atoms with Gasteiger partial charge in [0.2, 0.25) is 0 Å². The average molecular weight is 463 g/mol. The summed E-state index contributed by atoms with van der Waals surface area (Å²) in [4.78, 5) is 38.9. The van der Waals surface area contributed by atoms with Gasteiger partial charge in [0.1, 0.15) is 12.2 Å². The molecule has 0 unspecified atom stereocenters. The minimum absolute atomic E-state index is 0.0855. The Labute approximate surface area is 177 Å². The monoisotopic (exact) mass is 462 g/mol. The minimum atomic E-state index is -0.704. The van der Waals surface area contributed by atoms with Crippen LogP contribution in [0.4, 0.5) is 4.79 Å². The van der Waals surface area contributed by atoms with Crippen LogP contribution < -0.4 is 14.8 Å². The first kappa shape index (κ1) is 21.1. The quantitative estimate of drug-likeness (QED) is 0.394. The van der Waals surface area contributed by atoms with Crippen molar-refractivity contribution in [3.8, 4) is 11.5 Å². The van der Waals surface area contributed by atoms with E-state index < -0.39 is 17.8 Å². The molecule has 8 heteroatoms. The standard InChI is InChI=1S/C21H23BrN2O5/c1-3-9-29-18-12-16(22)13(11-17(18)28-2)10-15-19(25)23-21(27)24(20(15)26)14-7-5-4-6-8-14/h3,10-12,14H,1,4-9H2,2H3,(H,23,25,27). The molecule has 0 radical (unpaired) electrons. The van der Waals surface area contributed by atoms with Gasteiger partial charge in [0.25, 0.3) is 11.8 Å². The molecule has 1 saturated heterocycles. The van der Waals surface area contributed by atoms with Crippen LogP contribution in [0.5, 0.6) is 11.5 Å². The number of ether oxygens (including phenoxy) is 2. The molecule has 7 nitrogen and oxygen atoms in total. The molecule has 4 amide bonds. The Bertz CT molecular complexity index is 874. The molecule has 0 spiro atoms. The van der Waals surface area contributed by atoms with Crippen molar-refractivity contribution in [3.05, 3.63) is 40.4 Å². The first-order valence-electron chi connectivity index (χ1n) is 9.48. The summed E-state index contributed by atoms with van der Waals surface area (Å²) < 4.78 is 11.5. The second-order valence-electron chi connectivity index (χ2n) is 6.91. The van der Waals surface area contributed by atoms with Gasteiger partial charge in [0.05, 0.1) is 7.11 Å². The van der Waals surface area contributed by atoms with Gasteiger partial charge in [-0.15, -0.1) is 0 Å². The number of hydrogen-bond donors (Lipinski definition) is 1. The van der Waals surface area contributed by atoms with Gasteiger partial charge < -0.3 is 9.47 Å². The van der Waals surface area contributed by atoms with Crippen molar-refractivity contribution in [1.82, 2.24) is 10.2 Å². The number of nitrogens with zero attached hydrogens (tertiary/aromatic N) is 1. The lowest BCUT2D eigenvalue weighted by atomic mass is 9.93. The number of barbiturate groups is 1. The van der Waals surface area contributed by atoms with E-state index in [0.717, 1.165) is 32.1 Å². The first-order valence-corrected chi connectivity index (χ1v) is 10.3. The molecule has 1 heterocycles. The molecule has 0 atom stereocenters. The lowest BCUT2D eigenvalue weighted by molar-refractivity contribution is -0.132. The van der Waals surface area contributed by atoms with Gasteiger partial charge in [-0.2, -0.15) is 0 Å². The van der Waals surface area contributed by atoms with Crippen molar-refractivity contribution in [2.45, 2.75) is 38.1 Å². The lowest BCUT2D eigenvalue weighted by Crippen LogP contribution is -2.58. The van der Waals surface area contributed by atoms with Crippen molar-refractivity contribution < 1.29 is 23.9 Å². The summed E-state index contributed by atoms with van der Waals surface area (Å²) in [6.45, 7) is 3.92. The average Bonchev–Trinajstić information content (AvgIpc) is 2.71. The van der Waals surface area contributed by atoms with Crippen LogP contribution in [0.25, 0.3) is 6.08 Å². The third kappa shape index (κ3) is 4.53. The number of rotatable bonds is 6. The Morgan fingerprint density at radius 1 is 1.21 bits per heavy atom. The minimum Gasteiger partial charge on any atom is -0.493 e. The summed E-state index contributed by atoms with van der Waals surface area (Å²) in [5.41, 5.74) is 0.474. The van der Waals surface area contributed by atoms with E-state index in [-0.39, 0.29) is 11.6 Å². The third-order valence-corrected chi connectivity index (χ3v) is 5.70. The van der Waals surface area contributed by atoms with E-state index in [1.54, 1.807) is 18.2 Å². The zero-order valence-electron chi connectivity index (χ0n) is 16.2. The summed E-state index contributed by atoms with van der Waals surface area (Å²) >= 11 is 3.44. The Morgan fingerprint density at radius 3 is 2.59 bits per heavy atom. The molecule has 0 aromatic heterocycles. The van der Waals surface area contributed by atoms with Gasteiger partial charge >= 0.3 is 6.03 Å². The zero-order chi connectivity index (χ0) is 21.0. The third-order valence-electron chi connectivity index (χ3n) is 5.01. The molecule has 1 aliphatic carbocycles. The van der Waals surface area contributed by atoms with Gasteiger partial charge in [0.15, 0.2) is 11.5 Å². The molecule has 2 fully saturated rings. The molecule has 0 bridgehead atoms. The number of carbonyl (C=O) groups is 3. The van der Waals surface area contributed by atoms with Crippen LogP contribution in [0.15, 0.2) is 34.8 Å². The molecule has 154 valence electrons. The van der Waals surface area contributed by atoms with Crippen molar-refractivity contribution in [1.29, 1.82) is 0 Å². The number of nitrogens with one attached hydrogen (secondary N) is 1. The van der Waals surface area contributed by atoms with Gasteiger partial charge in [-0.05, 0) is 36.6 Å². The second-order valence-corrected chi connectivity index (χ2v) is 7.76. The fourth-order valence-corrected chi connectivity index (χ4v) is 4.02. The van der Waals surface area contributed by atoms with Gasteiger partial charge in [-0.1, -0.05) is 47.8 Å². The smallest absolute Gasteiger partial charge is 0.331 e. The number of benzene rings is 1. The maximum atomic E-state index is 13.0. The van der Waals surface area contributed by atoms with E-state index in [0.29, 0.717) is 28.1 Å². The summed E-state index contributed by atoms with van der Waals surface area (Å²) in [6.07, 6.45) is 7.61. The molecule has 1 aromatic rings. The Morgan fingerprint density at radius 2 is 1.93 bits per heavy atom. The highest BCUT2D eigenvalue weighted by atomic mass is 79.9. The second kappa shape index (κ2) is 9.26. The van der Waals surface area contributed by atoms with Crippen LogP contribution in [-0.4, -0.2) is 42.5 Å². The van der Waals surface area contributed by atoms with Crippen LogP contribution >= 0.6 is 15.9 Å². The molecule has 1 aromatic carbocycles. The van der Waals surface area contributed by atoms with E-state index >= 15 is 0 Å². The number of amides is 4. The summed E-state index contributed by atoms with van der Waals surface area (Å²) in [5.74, 6) is -0.320. The van der Waals surface area contributed by atoms with Gasteiger partial charge in [-0.3, -0.25) is 19.8 Å². The number of imide groups is 2. The van der Waals surface area contributed by atoms with E-state index in [1.165, 1.54) is 18.1 Å². The molecule has 1 N–H and O–H groups in total. The topological polar surface area (TPSA) is 84.9 Å². The zero-order valence-corrected chi connectivity index (χ0v) is 17.8. The lowest BCUT2D eigenvalue weighted by Gasteiger charge is -2.35. The highest BCUT2D eigenvalue weighted by Gasteiger charge is 2.40. The molecular weight excluding hydrogens is 440 g/mol. The highest BCUT2D eigenvalue weighted by molar-refractivity contribution is 9.10. The van der Waals surface area contributed by atoms with Crippen molar-refractivity contribution >= 4 is 39.9 Å². The van der Waals surface area contributed by atoms with Crippen LogP contribution in [0, 0.1) is 0 Å². The molecule has 1 saturated carbocycles. The number of urea groups is 1. The molecular formula is C21H23BrN2O5. The van der Waals surface area contributed by atoms with Crippen LogP contribution in [-0.2, 0) is 9.59 Å². The normalized spacial score (nSPS) is 19.3. The van der Waals surface area contributed by atoms with Crippen molar-refractivity contribution in [2.24, 2.45) is 0 Å². The fourth-order valence-electron chi connectivity index (χ4n) is 3.58. The molecule has 1 aliphatic heterocycles. The summed E-state index contributed by atoms with van der Waals surface area (Å²) in [7, 11) is 1.50. The van der Waals surface area contributed by atoms with Crippen LogP contribution in [0.1, 0.15) is 37.7 Å². The Kier molecular flexibility index (Phi) is 6.74. The highest BCUT2D eigenvalue weighted by Crippen LogP contribution is 2.35. The predicted molar refractivity (Wildman–Crippen MR) is 112 cm³/mol. The summed E-state index contributed by atoms with van der Waals surface area (Å²) in [5, 5.41) is 2.29. The fraction of sp³-hybridized carbons (Fsp3) is 0.381. The van der Waals surface area contributed by atoms with E-state index in [2.05, 4.69) is 27.8 Å². The summed E-state index contributed by atoms with van der Waals surface area (Å²) in [6, 6.07) is 2.54. The molecule has 29 heavy (non-hydrogen) atoms. The first-order chi connectivity index (χ1) is 14.0. The molecule has 2 aliphatic rings. The van der Waals surface area contributed by atoms with Crippen molar-refractivity contribution in [3.63, 3.8) is 0 Å². The number of hydrogen-bond acceptors (Lipinski definition) is 5. The number of carbonyl (C=O) groups excluding carboxylic acids is 3. The molecule has 3 rings (SSSR count). The Hall–Kier alpha value is -2.61. The largest absolute Gasteiger partial charge is 0.493 e. The van der Waals surface area contributed by atoms with E-state index in [1.807, 2.05) is 0 Å². The SMILES string of the molecule is C=CCOc1cc(Br)c(C=C2C(=O)NC(=O)N(C3CCCCC3)C2=O)cc1OC. The van der Waals surface area contributed by atoms with E-state index in [4.69, 9.17) is 9.47 Å². The van der Waals surface area contributed by atoms with Crippen LogP contribution in [0.2, 0.25) is 0 Å². The maximum absolute atomic E-state index is 13.0. The number of methoxy groups -OCH3 is 1. The Balaban J connectivity index is 1.95. The van der Waals surface area contributed by atoms with Gasteiger partial charge in [0, 0.05) is 10.5 Å². The maximum Gasteiger partial charge on any atom is 0.331 e. The predicted octanol–water partition coefficient (Wildman–Crippen LogP) is 3.82.